The fourth-order valence-electron chi connectivity index (χ4n) is 2.33. The predicted octanol–water partition coefficient (Wildman–Crippen LogP) is 1.96. The number of nitrogens with two attached hydrogens (primary N) is 1. The van der Waals surface area contributed by atoms with Crippen molar-refractivity contribution >= 4 is 27.4 Å². The third kappa shape index (κ3) is 2.90. The molecule has 17 heavy (non-hydrogen) atoms. The molecule has 0 amide bonds. The van der Waals surface area contributed by atoms with Gasteiger partial charge in [0.15, 0.2) is 0 Å². The van der Waals surface area contributed by atoms with Gasteiger partial charge < -0.3 is 15.5 Å². The molecule has 0 radical (unpaired) electrons. The number of aromatic nitrogens is 1. The average molecular weight is 299 g/mol. The molecular formula is C12H19BrN4. The van der Waals surface area contributed by atoms with E-state index in [0.717, 1.165) is 16.8 Å². The van der Waals surface area contributed by atoms with Gasteiger partial charge >= 0.3 is 0 Å². The summed E-state index contributed by atoms with van der Waals surface area (Å²) in [6.45, 7) is 2.29. The van der Waals surface area contributed by atoms with E-state index in [0.29, 0.717) is 11.7 Å². The highest BCUT2D eigenvalue weighted by atomic mass is 79.9. The number of anilines is 2. The second kappa shape index (κ2) is 5.23. The topological polar surface area (TPSA) is 45.4 Å². The highest BCUT2D eigenvalue weighted by Crippen LogP contribution is 2.27. The lowest BCUT2D eigenvalue weighted by molar-refractivity contribution is 0.247. The quantitative estimate of drug-likeness (QED) is 0.907. The summed E-state index contributed by atoms with van der Waals surface area (Å²) in [6, 6.07) is 2.44. The van der Waals surface area contributed by atoms with Crippen LogP contribution in [-0.2, 0) is 0 Å². The molecule has 1 aromatic rings. The summed E-state index contributed by atoms with van der Waals surface area (Å²) in [6.07, 6.45) is 4.18. The number of nitrogen functional groups attached to an aromatic ring is 1. The van der Waals surface area contributed by atoms with Crippen LogP contribution in [0.3, 0.4) is 0 Å². The number of hydrogen-bond donors (Lipinski definition) is 1. The lowest BCUT2D eigenvalue weighted by atomic mass is 10.1. The Bertz CT molecular complexity index is 396. The summed E-state index contributed by atoms with van der Waals surface area (Å²) in [4.78, 5) is 9.03. The predicted molar refractivity (Wildman–Crippen MR) is 75.3 cm³/mol. The number of piperidine rings is 1. The molecule has 0 aliphatic carbocycles. The monoisotopic (exact) mass is 298 g/mol. The highest BCUT2D eigenvalue weighted by Gasteiger charge is 2.23. The van der Waals surface area contributed by atoms with E-state index >= 15 is 0 Å². The zero-order valence-electron chi connectivity index (χ0n) is 10.4. The molecule has 1 aliphatic heterocycles. The van der Waals surface area contributed by atoms with E-state index in [9.17, 15) is 0 Å². The molecule has 0 bridgehead atoms. The molecule has 2 N–H and O–H groups in total. The Kier molecular flexibility index (Phi) is 3.89. The van der Waals surface area contributed by atoms with Crippen molar-refractivity contribution < 1.29 is 0 Å². The summed E-state index contributed by atoms with van der Waals surface area (Å²) in [5.74, 6) is 0.972. The van der Waals surface area contributed by atoms with Gasteiger partial charge in [-0.3, -0.25) is 0 Å². The van der Waals surface area contributed by atoms with Gasteiger partial charge in [0.1, 0.15) is 5.82 Å². The first-order chi connectivity index (χ1) is 8.08. The zero-order valence-corrected chi connectivity index (χ0v) is 11.9. The Hall–Kier alpha value is -0.810. The van der Waals surface area contributed by atoms with Crippen LogP contribution in [0.15, 0.2) is 16.7 Å². The minimum atomic E-state index is 0.529. The molecule has 1 atom stereocenters. The van der Waals surface area contributed by atoms with Crippen molar-refractivity contribution in [1.82, 2.24) is 9.88 Å². The molecule has 94 valence electrons. The lowest BCUT2D eigenvalue weighted by Crippen LogP contribution is -2.45. The smallest absolute Gasteiger partial charge is 0.143 e. The fourth-order valence-corrected chi connectivity index (χ4v) is 2.98. The molecule has 0 saturated carbocycles. The summed E-state index contributed by atoms with van der Waals surface area (Å²) >= 11 is 3.53. The molecule has 1 fully saturated rings. The number of rotatable bonds is 2. The van der Waals surface area contributed by atoms with Crippen LogP contribution in [0, 0.1) is 0 Å². The van der Waals surface area contributed by atoms with Gasteiger partial charge in [-0.25, -0.2) is 4.98 Å². The maximum absolute atomic E-state index is 5.71. The number of nitrogens with zero attached hydrogens (tertiary/aromatic N) is 3. The summed E-state index contributed by atoms with van der Waals surface area (Å²) in [5, 5.41) is 0. The SMILES string of the molecule is CN1CCCC(N(C)c2ncc(N)cc2Br)C1. The van der Waals surface area contributed by atoms with Crippen LogP contribution in [0.2, 0.25) is 0 Å². The minimum Gasteiger partial charge on any atom is -0.397 e. The summed E-state index contributed by atoms with van der Waals surface area (Å²) in [7, 11) is 4.28. The molecular weight excluding hydrogens is 280 g/mol. The van der Waals surface area contributed by atoms with Gasteiger partial charge in [-0.15, -0.1) is 0 Å². The van der Waals surface area contributed by atoms with Crippen LogP contribution in [0.4, 0.5) is 11.5 Å². The molecule has 1 aromatic heterocycles. The molecule has 1 saturated heterocycles. The van der Waals surface area contributed by atoms with E-state index in [-0.39, 0.29) is 0 Å². The molecule has 0 spiro atoms. The van der Waals surface area contributed by atoms with Crippen LogP contribution in [0.1, 0.15) is 12.8 Å². The summed E-state index contributed by atoms with van der Waals surface area (Å²) < 4.78 is 0.966. The van der Waals surface area contributed by atoms with E-state index < -0.39 is 0 Å². The third-order valence-corrected chi connectivity index (χ3v) is 3.91. The van der Waals surface area contributed by atoms with E-state index in [4.69, 9.17) is 5.73 Å². The molecule has 1 aliphatic rings. The van der Waals surface area contributed by atoms with Crippen molar-refractivity contribution in [2.75, 3.05) is 37.8 Å². The minimum absolute atomic E-state index is 0.529. The van der Waals surface area contributed by atoms with Gasteiger partial charge in [0.05, 0.1) is 16.4 Å². The van der Waals surface area contributed by atoms with Crippen molar-refractivity contribution in [2.45, 2.75) is 18.9 Å². The fraction of sp³-hybridized carbons (Fsp3) is 0.583. The van der Waals surface area contributed by atoms with E-state index in [1.54, 1.807) is 6.20 Å². The van der Waals surface area contributed by atoms with Gasteiger partial charge in [0.25, 0.3) is 0 Å². The first-order valence-corrected chi connectivity index (χ1v) is 6.69. The second-order valence-electron chi connectivity index (χ2n) is 4.74. The Morgan fingerprint density at radius 2 is 2.35 bits per heavy atom. The number of halogens is 1. The number of hydrogen-bond acceptors (Lipinski definition) is 4. The third-order valence-electron chi connectivity index (χ3n) is 3.32. The molecule has 5 heteroatoms. The van der Waals surface area contributed by atoms with Crippen molar-refractivity contribution in [3.05, 3.63) is 16.7 Å². The maximum Gasteiger partial charge on any atom is 0.143 e. The second-order valence-corrected chi connectivity index (χ2v) is 5.60. The highest BCUT2D eigenvalue weighted by molar-refractivity contribution is 9.10. The molecule has 0 aromatic carbocycles. The Balaban J connectivity index is 2.15. The Morgan fingerprint density at radius 3 is 3.00 bits per heavy atom. The van der Waals surface area contributed by atoms with Crippen LogP contribution < -0.4 is 10.6 Å². The summed E-state index contributed by atoms with van der Waals surface area (Å²) in [5.41, 5.74) is 6.40. The van der Waals surface area contributed by atoms with Crippen molar-refractivity contribution in [1.29, 1.82) is 0 Å². The Morgan fingerprint density at radius 1 is 1.59 bits per heavy atom. The van der Waals surface area contributed by atoms with Gasteiger partial charge in [-0.1, -0.05) is 0 Å². The van der Waals surface area contributed by atoms with E-state index in [1.165, 1.54) is 19.4 Å². The standard InChI is InChI=1S/C12H19BrN4/c1-16-5-3-4-10(8-16)17(2)12-11(13)6-9(14)7-15-12/h6-7,10H,3-5,8,14H2,1-2H3. The van der Waals surface area contributed by atoms with Crippen LogP contribution in [0.25, 0.3) is 0 Å². The molecule has 2 heterocycles. The first kappa shape index (κ1) is 12.6. The van der Waals surface area contributed by atoms with Gasteiger partial charge in [-0.05, 0) is 48.4 Å². The van der Waals surface area contributed by atoms with E-state index in [1.807, 2.05) is 6.07 Å². The molecule has 1 unspecified atom stereocenters. The van der Waals surface area contributed by atoms with Gasteiger partial charge in [-0.2, -0.15) is 0 Å². The van der Waals surface area contributed by atoms with Crippen LogP contribution >= 0.6 is 15.9 Å². The van der Waals surface area contributed by atoms with Crippen molar-refractivity contribution in [2.24, 2.45) is 0 Å². The zero-order chi connectivity index (χ0) is 12.4. The largest absolute Gasteiger partial charge is 0.397 e. The van der Waals surface area contributed by atoms with Crippen molar-refractivity contribution in [3.63, 3.8) is 0 Å². The average Bonchev–Trinajstić information content (AvgIpc) is 2.28. The number of likely N-dealkylation sites (tertiary alicyclic amines) is 1. The Labute approximate surface area is 111 Å². The van der Waals surface area contributed by atoms with Crippen LogP contribution in [0.5, 0.6) is 0 Å². The van der Waals surface area contributed by atoms with Gasteiger partial charge in [0.2, 0.25) is 0 Å². The van der Waals surface area contributed by atoms with Gasteiger partial charge in [0, 0.05) is 19.6 Å². The maximum atomic E-state index is 5.71. The van der Waals surface area contributed by atoms with E-state index in [2.05, 4.69) is 44.8 Å². The molecule has 2 rings (SSSR count). The lowest BCUT2D eigenvalue weighted by Gasteiger charge is -2.36. The van der Waals surface area contributed by atoms with Crippen LogP contribution in [-0.4, -0.2) is 43.1 Å². The first-order valence-electron chi connectivity index (χ1n) is 5.90. The number of pyridine rings is 1. The van der Waals surface area contributed by atoms with Crippen molar-refractivity contribution in [3.8, 4) is 0 Å². The molecule has 4 nitrogen and oxygen atoms in total. The normalized spacial score (nSPS) is 21.5. The number of likely N-dealkylation sites (N-methyl/N-ethyl adjacent to an activating group) is 2.